The minimum absolute atomic E-state index is 0.0531. The van der Waals surface area contributed by atoms with Gasteiger partial charge in [-0.05, 0) is 28.3 Å². The summed E-state index contributed by atoms with van der Waals surface area (Å²) in [5.41, 5.74) is 4.28. The zero-order valence-corrected chi connectivity index (χ0v) is 17.9. The molecule has 2 aromatic heterocycles. The number of H-pyrrole nitrogens is 1. The summed E-state index contributed by atoms with van der Waals surface area (Å²) in [4.78, 5) is 4.80. The zero-order chi connectivity index (χ0) is 21.1. The second-order valence-corrected chi connectivity index (χ2v) is 8.49. The molecule has 4 aromatic rings. The summed E-state index contributed by atoms with van der Waals surface area (Å²) in [6.07, 6.45) is 1.95. The highest BCUT2D eigenvalue weighted by atomic mass is 15.5. The Morgan fingerprint density at radius 2 is 1.70 bits per heavy atom. The predicted octanol–water partition coefficient (Wildman–Crippen LogP) is 4.42. The van der Waals surface area contributed by atoms with E-state index in [-0.39, 0.29) is 5.41 Å². The molecule has 2 heterocycles. The standard InChI is InChI=1S/C23H27N7/c1-5-8-20-24-22(23(2,3)4)30(27-20)15-16-11-13-17(14-12-16)18-9-6-7-10-19(18)21-25-28-29-26-21/h6-7,9-14H,5,8,15H2,1-4H3,(H,25,26,28,29). The first-order valence-corrected chi connectivity index (χ1v) is 10.3. The zero-order valence-electron chi connectivity index (χ0n) is 17.9. The lowest BCUT2D eigenvalue weighted by Gasteiger charge is -2.18. The second-order valence-electron chi connectivity index (χ2n) is 8.49. The largest absolute Gasteiger partial charge is 0.245 e. The van der Waals surface area contributed by atoms with E-state index in [1.807, 2.05) is 22.9 Å². The van der Waals surface area contributed by atoms with Crippen molar-refractivity contribution in [3.8, 4) is 22.5 Å². The Bertz CT molecular complexity index is 1100. The Morgan fingerprint density at radius 1 is 0.967 bits per heavy atom. The number of hydrogen-bond acceptors (Lipinski definition) is 5. The first kappa shape index (κ1) is 19.9. The lowest BCUT2D eigenvalue weighted by atomic mass is 9.95. The third-order valence-corrected chi connectivity index (χ3v) is 4.97. The van der Waals surface area contributed by atoms with Crippen molar-refractivity contribution in [3.05, 3.63) is 65.7 Å². The molecule has 0 saturated heterocycles. The van der Waals surface area contributed by atoms with E-state index in [0.717, 1.165) is 41.2 Å². The third-order valence-electron chi connectivity index (χ3n) is 4.97. The van der Waals surface area contributed by atoms with E-state index in [0.29, 0.717) is 12.4 Å². The summed E-state index contributed by atoms with van der Waals surface area (Å²) in [6, 6.07) is 16.7. The Morgan fingerprint density at radius 3 is 2.33 bits per heavy atom. The summed E-state index contributed by atoms with van der Waals surface area (Å²) in [5, 5.41) is 19.2. The first-order chi connectivity index (χ1) is 14.5. The number of aryl methyl sites for hydroxylation is 1. The monoisotopic (exact) mass is 401 g/mol. The Kier molecular flexibility index (Phi) is 5.44. The molecule has 0 bridgehead atoms. The number of rotatable bonds is 6. The summed E-state index contributed by atoms with van der Waals surface area (Å²) >= 11 is 0. The molecule has 0 aliphatic heterocycles. The quantitative estimate of drug-likeness (QED) is 0.517. The van der Waals surface area contributed by atoms with Gasteiger partial charge in [-0.2, -0.15) is 10.3 Å². The van der Waals surface area contributed by atoms with Crippen LogP contribution < -0.4 is 0 Å². The summed E-state index contributed by atoms with van der Waals surface area (Å²) in [5.74, 6) is 2.54. The van der Waals surface area contributed by atoms with Gasteiger partial charge in [0, 0.05) is 17.4 Å². The molecule has 0 fully saturated rings. The van der Waals surface area contributed by atoms with Gasteiger partial charge in [0.25, 0.3) is 0 Å². The van der Waals surface area contributed by atoms with E-state index < -0.39 is 0 Å². The van der Waals surface area contributed by atoms with E-state index in [4.69, 9.17) is 10.1 Å². The van der Waals surface area contributed by atoms with Gasteiger partial charge in [0.1, 0.15) is 5.82 Å². The maximum Gasteiger partial charge on any atom is 0.205 e. The fraction of sp³-hybridized carbons (Fsp3) is 0.348. The molecule has 1 N–H and O–H groups in total. The van der Waals surface area contributed by atoms with Crippen LogP contribution >= 0.6 is 0 Å². The number of aromatic nitrogens is 7. The van der Waals surface area contributed by atoms with E-state index >= 15 is 0 Å². The Labute approximate surface area is 176 Å². The van der Waals surface area contributed by atoms with Gasteiger partial charge in [-0.1, -0.05) is 76.2 Å². The molecule has 30 heavy (non-hydrogen) atoms. The number of nitrogens with zero attached hydrogens (tertiary/aromatic N) is 6. The summed E-state index contributed by atoms with van der Waals surface area (Å²) in [7, 11) is 0. The number of benzene rings is 2. The molecule has 7 heteroatoms. The molecule has 2 aromatic carbocycles. The van der Waals surface area contributed by atoms with Gasteiger partial charge in [0.2, 0.25) is 5.82 Å². The predicted molar refractivity (Wildman–Crippen MR) is 117 cm³/mol. The van der Waals surface area contributed by atoms with Gasteiger partial charge >= 0.3 is 0 Å². The van der Waals surface area contributed by atoms with E-state index in [1.54, 1.807) is 0 Å². The molecule has 4 rings (SSSR count). The summed E-state index contributed by atoms with van der Waals surface area (Å²) in [6.45, 7) is 9.41. The molecule has 0 saturated carbocycles. The molecule has 0 atom stereocenters. The van der Waals surface area contributed by atoms with E-state index in [2.05, 4.69) is 78.7 Å². The molecule has 0 unspecified atom stereocenters. The minimum Gasteiger partial charge on any atom is -0.245 e. The number of tetrazole rings is 1. The lowest BCUT2D eigenvalue weighted by molar-refractivity contribution is 0.490. The second kappa shape index (κ2) is 8.18. The van der Waals surface area contributed by atoms with Gasteiger partial charge in [-0.15, -0.1) is 10.2 Å². The smallest absolute Gasteiger partial charge is 0.205 e. The highest BCUT2D eigenvalue weighted by Crippen LogP contribution is 2.30. The average molecular weight is 402 g/mol. The van der Waals surface area contributed by atoms with Crippen molar-refractivity contribution in [2.75, 3.05) is 0 Å². The van der Waals surface area contributed by atoms with Gasteiger partial charge < -0.3 is 0 Å². The van der Waals surface area contributed by atoms with Gasteiger partial charge in [-0.3, -0.25) is 0 Å². The van der Waals surface area contributed by atoms with Crippen molar-refractivity contribution in [1.29, 1.82) is 0 Å². The molecule has 0 aliphatic rings. The fourth-order valence-electron chi connectivity index (χ4n) is 3.55. The van der Waals surface area contributed by atoms with Crippen molar-refractivity contribution in [2.45, 2.75) is 52.5 Å². The van der Waals surface area contributed by atoms with E-state index in [1.165, 1.54) is 5.56 Å². The molecule has 0 aliphatic carbocycles. The highest BCUT2D eigenvalue weighted by molar-refractivity contribution is 5.80. The maximum atomic E-state index is 4.80. The molecular weight excluding hydrogens is 374 g/mol. The van der Waals surface area contributed by atoms with Crippen LogP contribution in [0.4, 0.5) is 0 Å². The highest BCUT2D eigenvalue weighted by Gasteiger charge is 2.23. The van der Waals surface area contributed by atoms with Crippen molar-refractivity contribution in [3.63, 3.8) is 0 Å². The topological polar surface area (TPSA) is 85.2 Å². The van der Waals surface area contributed by atoms with Crippen molar-refractivity contribution < 1.29 is 0 Å². The summed E-state index contributed by atoms with van der Waals surface area (Å²) < 4.78 is 2.05. The number of nitrogens with one attached hydrogen (secondary N) is 1. The van der Waals surface area contributed by atoms with Gasteiger partial charge in [-0.25, -0.2) is 9.67 Å². The normalized spacial score (nSPS) is 11.7. The molecule has 0 spiro atoms. The lowest BCUT2D eigenvalue weighted by Crippen LogP contribution is -2.20. The van der Waals surface area contributed by atoms with Crippen molar-refractivity contribution >= 4 is 0 Å². The molecule has 154 valence electrons. The number of aromatic amines is 1. The number of hydrogen-bond donors (Lipinski definition) is 1. The van der Waals surface area contributed by atoms with E-state index in [9.17, 15) is 0 Å². The van der Waals surface area contributed by atoms with Crippen LogP contribution in [0.15, 0.2) is 48.5 Å². The van der Waals surface area contributed by atoms with Gasteiger partial charge in [0.15, 0.2) is 5.82 Å². The van der Waals surface area contributed by atoms with Crippen molar-refractivity contribution in [1.82, 2.24) is 35.4 Å². The maximum absolute atomic E-state index is 4.80. The first-order valence-electron chi connectivity index (χ1n) is 10.3. The van der Waals surface area contributed by atoms with Crippen LogP contribution in [0.3, 0.4) is 0 Å². The van der Waals surface area contributed by atoms with Crippen LogP contribution in [0.1, 0.15) is 51.3 Å². The van der Waals surface area contributed by atoms with Crippen LogP contribution in [0.25, 0.3) is 22.5 Å². The molecule has 0 amide bonds. The SMILES string of the molecule is CCCc1nc(C(C)(C)C)n(Cc2ccc(-c3ccccc3-c3nn[nH]n3)cc2)n1. The van der Waals surface area contributed by atoms with Crippen LogP contribution in [0.5, 0.6) is 0 Å². The van der Waals surface area contributed by atoms with Crippen molar-refractivity contribution in [2.24, 2.45) is 0 Å². The molecular formula is C23H27N7. The molecule has 0 radical (unpaired) electrons. The Balaban J connectivity index is 1.62. The van der Waals surface area contributed by atoms with Crippen LogP contribution in [0, 0.1) is 0 Å². The minimum atomic E-state index is -0.0531. The fourth-order valence-corrected chi connectivity index (χ4v) is 3.55. The van der Waals surface area contributed by atoms with Gasteiger partial charge in [0.05, 0.1) is 6.54 Å². The van der Waals surface area contributed by atoms with Crippen LogP contribution in [-0.2, 0) is 18.4 Å². The average Bonchev–Trinajstić information content (AvgIpc) is 3.39. The molecule has 7 nitrogen and oxygen atoms in total. The van der Waals surface area contributed by atoms with Crippen LogP contribution in [0.2, 0.25) is 0 Å². The third kappa shape index (κ3) is 4.15. The Hall–Kier alpha value is -3.35. The van der Waals surface area contributed by atoms with Crippen LogP contribution in [-0.4, -0.2) is 35.4 Å².